The average Bonchev–Trinajstić information content (AvgIpc) is 2.74. The number of hydrogen-bond acceptors (Lipinski definition) is 4. The normalized spacial score (nSPS) is 13.1. The molecule has 1 aromatic carbocycles. The number of ether oxygens (including phenoxy) is 3. The van der Waals surface area contributed by atoms with Crippen molar-refractivity contribution in [3.8, 4) is 11.5 Å². The van der Waals surface area contributed by atoms with Crippen LogP contribution in [0.1, 0.15) is 12.5 Å². The van der Waals surface area contributed by atoms with E-state index in [1.807, 2.05) is 31.2 Å². The molecule has 3 nitrogen and oxygen atoms in total. The van der Waals surface area contributed by atoms with Gasteiger partial charge in [-0.2, -0.15) is 0 Å². The summed E-state index contributed by atoms with van der Waals surface area (Å²) in [7, 11) is 0. The zero-order chi connectivity index (χ0) is 11.4. The molecule has 0 saturated heterocycles. The van der Waals surface area contributed by atoms with Gasteiger partial charge in [0.25, 0.3) is 0 Å². The molecule has 16 heavy (non-hydrogen) atoms. The predicted molar refractivity (Wildman–Crippen MR) is 65.8 cm³/mol. The van der Waals surface area contributed by atoms with Crippen LogP contribution in [0.3, 0.4) is 0 Å². The molecule has 1 aliphatic heterocycles. The molecule has 0 spiro atoms. The molecule has 1 heterocycles. The van der Waals surface area contributed by atoms with E-state index in [0.717, 1.165) is 17.1 Å². The van der Waals surface area contributed by atoms with Crippen LogP contribution in [0, 0.1) is 0 Å². The lowest BCUT2D eigenvalue weighted by molar-refractivity contribution is 0.174. The minimum absolute atomic E-state index is 0.292. The Labute approximate surface area is 99.6 Å². The summed E-state index contributed by atoms with van der Waals surface area (Å²) >= 11 is 4.99. The Morgan fingerprint density at radius 1 is 1.44 bits per heavy atom. The van der Waals surface area contributed by atoms with Gasteiger partial charge in [0.15, 0.2) is 16.5 Å². The highest BCUT2D eigenvalue weighted by atomic mass is 32.1. The summed E-state index contributed by atoms with van der Waals surface area (Å²) in [5, 5.41) is 0.486. The van der Waals surface area contributed by atoms with Crippen molar-refractivity contribution in [3.05, 3.63) is 29.8 Å². The molecule has 0 N–H and O–H groups in total. The van der Waals surface area contributed by atoms with E-state index in [9.17, 15) is 0 Å². The molecular weight excluding hydrogens is 224 g/mol. The summed E-state index contributed by atoms with van der Waals surface area (Å²) in [5.41, 5.74) is 1.01. The molecule has 0 saturated carbocycles. The first kappa shape index (κ1) is 11.0. The average molecular weight is 236 g/mol. The SMILES string of the molecule is CCOC(=S)C=Cc1ccc2c(c1)OCO2. The van der Waals surface area contributed by atoms with E-state index in [2.05, 4.69) is 0 Å². The Hall–Kier alpha value is -1.55. The van der Waals surface area contributed by atoms with E-state index in [0.29, 0.717) is 18.5 Å². The van der Waals surface area contributed by atoms with Gasteiger partial charge in [-0.3, -0.25) is 0 Å². The smallest absolute Gasteiger partial charge is 0.231 e. The summed E-state index contributed by atoms with van der Waals surface area (Å²) in [6.45, 7) is 2.78. The van der Waals surface area contributed by atoms with Crippen molar-refractivity contribution in [2.24, 2.45) is 0 Å². The van der Waals surface area contributed by atoms with Gasteiger partial charge in [0.1, 0.15) is 0 Å². The second-order valence-electron chi connectivity index (χ2n) is 3.20. The van der Waals surface area contributed by atoms with Crippen molar-refractivity contribution >= 4 is 23.3 Å². The molecular formula is C12H12O3S. The Morgan fingerprint density at radius 2 is 2.25 bits per heavy atom. The van der Waals surface area contributed by atoms with Crippen molar-refractivity contribution in [2.75, 3.05) is 13.4 Å². The first-order valence-electron chi connectivity index (χ1n) is 5.04. The number of thiocarbonyl (C=S) groups is 1. The van der Waals surface area contributed by atoms with Crippen LogP contribution in [0.5, 0.6) is 11.5 Å². The largest absolute Gasteiger partial charge is 0.484 e. The number of hydrogen-bond donors (Lipinski definition) is 0. The highest BCUT2D eigenvalue weighted by Gasteiger charge is 2.12. The van der Waals surface area contributed by atoms with Gasteiger partial charge in [0.2, 0.25) is 6.79 Å². The Balaban J connectivity index is 2.08. The standard InChI is InChI=1S/C12H12O3S/c1-2-13-12(16)6-4-9-3-5-10-11(7-9)15-8-14-10/h3-7H,2,8H2,1H3. The van der Waals surface area contributed by atoms with E-state index >= 15 is 0 Å². The maximum atomic E-state index is 5.27. The summed E-state index contributed by atoms with van der Waals surface area (Å²) in [4.78, 5) is 0. The second-order valence-corrected chi connectivity index (χ2v) is 3.60. The lowest BCUT2D eigenvalue weighted by Crippen LogP contribution is -1.95. The van der Waals surface area contributed by atoms with Gasteiger partial charge in [0.05, 0.1) is 6.61 Å². The Bertz CT molecular complexity index is 426. The van der Waals surface area contributed by atoms with Gasteiger partial charge in [0, 0.05) is 0 Å². The lowest BCUT2D eigenvalue weighted by atomic mass is 10.2. The summed E-state index contributed by atoms with van der Waals surface area (Å²) in [5.74, 6) is 1.55. The van der Waals surface area contributed by atoms with Gasteiger partial charge >= 0.3 is 0 Å². The molecule has 84 valence electrons. The van der Waals surface area contributed by atoms with E-state index in [4.69, 9.17) is 26.4 Å². The Morgan fingerprint density at radius 3 is 3.06 bits per heavy atom. The van der Waals surface area contributed by atoms with Crippen LogP contribution >= 0.6 is 12.2 Å². The fourth-order valence-corrected chi connectivity index (χ4v) is 1.56. The third-order valence-electron chi connectivity index (χ3n) is 2.10. The van der Waals surface area contributed by atoms with Crippen molar-refractivity contribution in [2.45, 2.75) is 6.92 Å². The number of rotatable bonds is 3. The van der Waals surface area contributed by atoms with Crippen molar-refractivity contribution in [1.29, 1.82) is 0 Å². The van der Waals surface area contributed by atoms with Crippen molar-refractivity contribution < 1.29 is 14.2 Å². The zero-order valence-electron chi connectivity index (χ0n) is 8.93. The number of benzene rings is 1. The molecule has 0 radical (unpaired) electrons. The van der Waals surface area contributed by atoms with E-state index in [1.54, 1.807) is 6.08 Å². The monoisotopic (exact) mass is 236 g/mol. The minimum atomic E-state index is 0.292. The molecule has 1 aromatic rings. The fourth-order valence-electron chi connectivity index (χ4n) is 1.37. The van der Waals surface area contributed by atoms with Gasteiger partial charge in [-0.05, 0) is 42.9 Å². The van der Waals surface area contributed by atoms with Crippen LogP contribution in [0.25, 0.3) is 6.08 Å². The van der Waals surface area contributed by atoms with Crippen molar-refractivity contribution in [1.82, 2.24) is 0 Å². The summed E-state index contributed by atoms with van der Waals surface area (Å²) in [6, 6.07) is 5.73. The second kappa shape index (κ2) is 4.99. The molecule has 0 aromatic heterocycles. The van der Waals surface area contributed by atoms with Crippen LogP contribution in [0.4, 0.5) is 0 Å². The van der Waals surface area contributed by atoms with Gasteiger partial charge in [-0.1, -0.05) is 12.1 Å². The topological polar surface area (TPSA) is 27.7 Å². The molecule has 0 amide bonds. The first-order chi connectivity index (χ1) is 7.79. The zero-order valence-corrected chi connectivity index (χ0v) is 9.75. The van der Waals surface area contributed by atoms with E-state index in [-0.39, 0.29) is 0 Å². The van der Waals surface area contributed by atoms with Gasteiger partial charge in [-0.25, -0.2) is 0 Å². The molecule has 0 atom stereocenters. The van der Waals surface area contributed by atoms with Crippen LogP contribution < -0.4 is 9.47 Å². The van der Waals surface area contributed by atoms with Gasteiger partial charge < -0.3 is 14.2 Å². The quantitative estimate of drug-likeness (QED) is 0.596. The molecule has 4 heteroatoms. The molecule has 2 rings (SSSR count). The molecule has 0 bridgehead atoms. The van der Waals surface area contributed by atoms with E-state index < -0.39 is 0 Å². The van der Waals surface area contributed by atoms with Crippen LogP contribution in [0.15, 0.2) is 24.3 Å². The van der Waals surface area contributed by atoms with Gasteiger partial charge in [-0.15, -0.1) is 0 Å². The third kappa shape index (κ3) is 2.52. The van der Waals surface area contributed by atoms with E-state index in [1.165, 1.54) is 0 Å². The lowest BCUT2D eigenvalue weighted by Gasteiger charge is -1.99. The molecule has 0 aliphatic carbocycles. The van der Waals surface area contributed by atoms with Crippen LogP contribution in [-0.4, -0.2) is 18.5 Å². The molecule has 0 fully saturated rings. The summed E-state index contributed by atoms with van der Waals surface area (Å²) < 4.78 is 15.6. The predicted octanol–water partition coefficient (Wildman–Crippen LogP) is 2.79. The Kier molecular flexibility index (Phi) is 3.41. The van der Waals surface area contributed by atoms with Crippen LogP contribution in [-0.2, 0) is 4.74 Å². The van der Waals surface area contributed by atoms with Crippen LogP contribution in [0.2, 0.25) is 0 Å². The maximum absolute atomic E-state index is 5.27. The first-order valence-corrected chi connectivity index (χ1v) is 5.45. The maximum Gasteiger partial charge on any atom is 0.231 e. The summed E-state index contributed by atoms with van der Waals surface area (Å²) in [6.07, 6.45) is 3.65. The molecule has 1 aliphatic rings. The van der Waals surface area contributed by atoms with Crippen molar-refractivity contribution in [3.63, 3.8) is 0 Å². The highest BCUT2D eigenvalue weighted by Crippen LogP contribution is 2.32. The minimum Gasteiger partial charge on any atom is -0.484 e. The fraction of sp³-hybridized carbons (Fsp3) is 0.250. The third-order valence-corrected chi connectivity index (χ3v) is 2.35. The molecule has 0 unspecified atom stereocenters. The number of fused-ring (bicyclic) bond motifs is 1. The highest BCUT2D eigenvalue weighted by molar-refractivity contribution is 7.80.